The van der Waals surface area contributed by atoms with Gasteiger partial charge in [0, 0.05) is 38.8 Å². The molecule has 7 N–H and O–H groups in total. The number of carbonyl (C=O) groups is 10. The molecule has 5 aliphatic rings. The van der Waals surface area contributed by atoms with Crippen molar-refractivity contribution in [2.75, 3.05) is 26.2 Å². The van der Waals surface area contributed by atoms with Crippen LogP contribution >= 0.6 is 0 Å². The van der Waals surface area contributed by atoms with E-state index in [1.807, 2.05) is 44.2 Å². The molecule has 9 amide bonds. The minimum Gasteiger partial charge on any atom is -0.480 e. The van der Waals surface area contributed by atoms with Gasteiger partial charge in [-0.3, -0.25) is 43.2 Å². The lowest BCUT2D eigenvalue weighted by Gasteiger charge is -2.34. The van der Waals surface area contributed by atoms with Crippen molar-refractivity contribution in [1.82, 2.24) is 51.5 Å². The van der Waals surface area contributed by atoms with Crippen LogP contribution in [0.5, 0.6) is 0 Å². The first-order chi connectivity index (χ1) is 35.6. The third-order valence-electron chi connectivity index (χ3n) is 15.4. The summed E-state index contributed by atoms with van der Waals surface area (Å²) in [4.78, 5) is 149. The molecular weight excluding hydrogens is 965 g/mol. The molecule has 0 spiro atoms. The van der Waals surface area contributed by atoms with E-state index in [4.69, 9.17) is 0 Å². The van der Waals surface area contributed by atoms with Gasteiger partial charge in [0.05, 0.1) is 0 Å². The van der Waals surface area contributed by atoms with Gasteiger partial charge >= 0.3 is 5.97 Å². The van der Waals surface area contributed by atoms with Crippen LogP contribution in [0.2, 0.25) is 0 Å². The maximum Gasteiger partial charge on any atom is 0.326 e. The average molecular weight is 1050 g/mol. The molecule has 5 heterocycles. The maximum atomic E-state index is 14.8. The lowest BCUT2D eigenvalue weighted by atomic mass is 9.98. The summed E-state index contributed by atoms with van der Waals surface area (Å²) in [5, 5.41) is 27.0. The number of benzene rings is 1. The highest BCUT2D eigenvalue weighted by molar-refractivity contribution is 6.03. The lowest BCUT2D eigenvalue weighted by molar-refractivity contribution is -0.148. The van der Waals surface area contributed by atoms with E-state index < -0.39 is 131 Å². The number of nitrogens with one attached hydrogen (secondary N) is 6. The zero-order valence-electron chi connectivity index (χ0n) is 44.9. The first kappa shape index (κ1) is 57.7. The molecule has 1 aromatic carbocycles. The molecule has 4 saturated heterocycles. The van der Waals surface area contributed by atoms with Crippen LogP contribution in [0.4, 0.5) is 0 Å². The maximum absolute atomic E-state index is 14.8. The summed E-state index contributed by atoms with van der Waals surface area (Å²) in [5.41, 5.74) is 0.395. The van der Waals surface area contributed by atoms with Crippen LogP contribution in [0.1, 0.15) is 125 Å². The monoisotopic (exact) mass is 1040 g/mol. The predicted octanol–water partition coefficient (Wildman–Crippen LogP) is 1.55. The molecule has 0 saturated carbocycles. The first-order valence-corrected chi connectivity index (χ1v) is 27.1. The van der Waals surface area contributed by atoms with Crippen molar-refractivity contribution in [3.8, 4) is 0 Å². The standard InChI is InChI=1S/C54H80N10O11/c1-9-33(8)44(54(74)75)60-48(68)39-20-13-23-61(39)51(71)37-29-55-43(32(6)7)53(73)63-25-15-21-40(63)47(67)59-42(31(4)5)49(69)57-36(28-34-17-11-10-12-18-34)50(70)64-26-16-22-41(64)52(72)62-24-14-19-38(62)46(66)56-35(27-30(2)3)45(65)58-37/h10-12,17-18,29-33,35-36,38-44,55H,9,13-16,19-28H2,1-8H3,(H,56,66)(H,57,69)(H,58,65)(H,59,67)(H,60,68)(H,74,75)/b37-29+/t33-,35-,36-,38-,39-,40-,41-,42-,43-,44-/m0/s1. The number of aliphatic carboxylic acids is 1. The Morgan fingerprint density at radius 1 is 0.640 bits per heavy atom. The van der Waals surface area contributed by atoms with Crippen LogP contribution in [0, 0.1) is 23.7 Å². The third-order valence-corrected chi connectivity index (χ3v) is 15.4. The quantitative estimate of drug-likeness (QED) is 0.157. The number of carbonyl (C=O) groups excluding carboxylic acids is 9. The largest absolute Gasteiger partial charge is 0.480 e. The van der Waals surface area contributed by atoms with E-state index in [1.54, 1.807) is 41.5 Å². The van der Waals surface area contributed by atoms with Crippen molar-refractivity contribution in [2.24, 2.45) is 23.7 Å². The molecule has 412 valence electrons. The summed E-state index contributed by atoms with van der Waals surface area (Å²) in [6, 6.07) is -0.724. The van der Waals surface area contributed by atoms with Gasteiger partial charge in [-0.05, 0) is 87.0 Å². The third kappa shape index (κ3) is 13.9. The fourth-order valence-electron chi connectivity index (χ4n) is 11.0. The fourth-order valence-corrected chi connectivity index (χ4v) is 11.0. The molecule has 0 aliphatic carbocycles. The van der Waals surface area contributed by atoms with Gasteiger partial charge in [-0.1, -0.05) is 92.1 Å². The zero-order valence-corrected chi connectivity index (χ0v) is 44.9. The Morgan fingerprint density at radius 3 is 1.76 bits per heavy atom. The second-order valence-corrected chi connectivity index (χ2v) is 22.0. The van der Waals surface area contributed by atoms with Gasteiger partial charge in [-0.25, -0.2) is 4.79 Å². The molecule has 0 aromatic heterocycles. The molecule has 21 nitrogen and oxygen atoms in total. The highest BCUT2D eigenvalue weighted by Crippen LogP contribution is 2.28. The fraction of sp³-hybridized carbons (Fsp3) is 0.667. The number of carboxylic acid groups (broad SMARTS) is 1. The van der Waals surface area contributed by atoms with E-state index in [0.717, 1.165) is 5.56 Å². The van der Waals surface area contributed by atoms with Crippen molar-refractivity contribution in [1.29, 1.82) is 0 Å². The molecule has 1 aromatic rings. The zero-order chi connectivity index (χ0) is 54.8. The van der Waals surface area contributed by atoms with Crippen LogP contribution in [0.15, 0.2) is 42.2 Å². The number of carboxylic acids is 1. The van der Waals surface area contributed by atoms with E-state index >= 15 is 0 Å². The highest BCUT2D eigenvalue weighted by atomic mass is 16.4. The Morgan fingerprint density at radius 2 is 1.19 bits per heavy atom. The van der Waals surface area contributed by atoms with Gasteiger partial charge in [0.25, 0.3) is 5.91 Å². The topological polar surface area (TPSA) is 276 Å². The average Bonchev–Trinajstić information content (AvgIpc) is 4.23. The molecule has 21 heteroatoms. The van der Waals surface area contributed by atoms with Gasteiger partial charge in [0.2, 0.25) is 47.3 Å². The molecule has 10 atom stereocenters. The van der Waals surface area contributed by atoms with E-state index in [9.17, 15) is 53.1 Å². The molecule has 5 aliphatic heterocycles. The smallest absolute Gasteiger partial charge is 0.326 e. The Labute approximate surface area is 440 Å². The van der Waals surface area contributed by atoms with Crippen molar-refractivity contribution in [3.63, 3.8) is 0 Å². The van der Waals surface area contributed by atoms with E-state index in [-0.39, 0.29) is 69.9 Å². The van der Waals surface area contributed by atoms with Crippen LogP contribution in [-0.2, 0) is 54.4 Å². The number of fused-ring (bicyclic) bond motifs is 3. The number of rotatable bonds is 12. The highest BCUT2D eigenvalue weighted by Gasteiger charge is 2.46. The van der Waals surface area contributed by atoms with Gasteiger partial charge in [-0.15, -0.1) is 0 Å². The minimum atomic E-state index is -1.24. The van der Waals surface area contributed by atoms with Crippen molar-refractivity contribution in [3.05, 3.63) is 47.8 Å². The molecule has 6 rings (SSSR count). The molecule has 0 bridgehead atoms. The van der Waals surface area contributed by atoms with Crippen LogP contribution in [0.25, 0.3) is 0 Å². The second kappa shape index (κ2) is 25.8. The van der Waals surface area contributed by atoms with E-state index in [0.29, 0.717) is 38.5 Å². The van der Waals surface area contributed by atoms with Crippen LogP contribution in [-0.4, -0.2) is 164 Å². The molecule has 75 heavy (non-hydrogen) atoms. The Bertz CT molecular complexity index is 2330. The summed E-state index contributed by atoms with van der Waals surface area (Å²) >= 11 is 0. The minimum absolute atomic E-state index is 0.0765. The SMILES string of the molecule is CC[C@H](C)[C@H](NC(=O)[C@@H]1CCCN1C(=O)/C1=C\N[C@@H](C(C)C)C(=O)N2CCC[C@H]2C(=O)N[C@@H](C(C)C)C(=O)N[C@@H](Cc2ccccc2)C(=O)N2CCC[C@H]2C(=O)N2CCC[C@H]2C(=O)N[C@@H](CC(C)C)C(=O)N1)C(=O)O. The second-order valence-electron chi connectivity index (χ2n) is 22.0. The van der Waals surface area contributed by atoms with Crippen molar-refractivity contribution >= 4 is 59.1 Å². The summed E-state index contributed by atoms with van der Waals surface area (Å²) in [7, 11) is 0. The van der Waals surface area contributed by atoms with Crippen molar-refractivity contribution in [2.45, 2.75) is 180 Å². The van der Waals surface area contributed by atoms with Crippen molar-refractivity contribution < 1.29 is 53.1 Å². The normalized spacial score (nSPS) is 28.3. The summed E-state index contributed by atoms with van der Waals surface area (Å²) in [6.45, 7) is 15.0. The van der Waals surface area contributed by atoms with Crippen LogP contribution in [0.3, 0.4) is 0 Å². The number of nitrogens with zero attached hydrogens (tertiary/aromatic N) is 4. The predicted molar refractivity (Wildman–Crippen MR) is 276 cm³/mol. The van der Waals surface area contributed by atoms with Gasteiger partial charge < -0.3 is 56.6 Å². The molecule has 0 unspecified atom stereocenters. The van der Waals surface area contributed by atoms with E-state index in [1.165, 1.54) is 25.8 Å². The first-order valence-electron chi connectivity index (χ1n) is 27.1. The lowest BCUT2D eigenvalue weighted by Crippen LogP contribution is -2.61. The molecule has 4 fully saturated rings. The van der Waals surface area contributed by atoms with E-state index in [2.05, 4.69) is 31.9 Å². The Kier molecular flexibility index (Phi) is 19.9. The van der Waals surface area contributed by atoms with Gasteiger partial charge in [0.1, 0.15) is 60.1 Å². The molecular formula is C54H80N10O11. The van der Waals surface area contributed by atoms with Gasteiger partial charge in [-0.2, -0.15) is 0 Å². The molecule has 0 radical (unpaired) electrons. The summed E-state index contributed by atoms with van der Waals surface area (Å²) in [5.74, 6) is -8.22. The number of amides is 9. The number of likely N-dealkylation sites (tertiary alicyclic amines) is 1. The van der Waals surface area contributed by atoms with Gasteiger partial charge in [0.15, 0.2) is 0 Å². The Hall–Kier alpha value is -6.54. The summed E-state index contributed by atoms with van der Waals surface area (Å²) in [6.07, 6.45) is 4.73. The summed E-state index contributed by atoms with van der Waals surface area (Å²) < 4.78 is 0. The Balaban J connectivity index is 1.40. The number of hydrogen-bond acceptors (Lipinski definition) is 11. The number of hydrogen-bond donors (Lipinski definition) is 7. The van der Waals surface area contributed by atoms with Crippen LogP contribution < -0.4 is 31.9 Å².